The second-order valence-corrected chi connectivity index (χ2v) is 9.91. The van der Waals surface area contributed by atoms with Crippen LogP contribution in [-0.4, -0.2) is 47.1 Å². The molecular formula is C24H23BrN2O3. The first-order chi connectivity index (χ1) is 14.4. The van der Waals surface area contributed by atoms with E-state index in [9.17, 15) is 9.59 Å². The minimum Gasteiger partial charge on any atom is -0.442 e. The summed E-state index contributed by atoms with van der Waals surface area (Å²) in [5.74, 6) is 2.16. The van der Waals surface area contributed by atoms with Crippen molar-refractivity contribution in [1.82, 2.24) is 9.80 Å². The maximum Gasteiger partial charge on any atom is 0.410 e. The first-order valence-corrected chi connectivity index (χ1v) is 11.0. The highest BCUT2D eigenvalue weighted by molar-refractivity contribution is 9.10. The first kappa shape index (κ1) is 19.4. The summed E-state index contributed by atoms with van der Waals surface area (Å²) in [5.41, 5.74) is 4.87. The van der Waals surface area contributed by atoms with Gasteiger partial charge in [-0.2, -0.15) is 0 Å². The van der Waals surface area contributed by atoms with Gasteiger partial charge in [0.15, 0.2) is 5.94 Å². The zero-order valence-electron chi connectivity index (χ0n) is 17.0. The van der Waals surface area contributed by atoms with Gasteiger partial charge in [-0.3, -0.25) is 4.90 Å². The van der Waals surface area contributed by atoms with Gasteiger partial charge in [-0.1, -0.05) is 60.1 Å². The fraction of sp³-hybridized carbons (Fsp3) is 0.375. The third kappa shape index (κ3) is 3.06. The minimum atomic E-state index is -0.290. The number of hydrogen-bond donors (Lipinski definition) is 0. The number of carbonyl (C=O) groups excluding carboxylic acids is 2. The average Bonchev–Trinajstić information content (AvgIpc) is 3.01. The largest absolute Gasteiger partial charge is 0.442 e. The van der Waals surface area contributed by atoms with Gasteiger partial charge in [-0.05, 0) is 35.2 Å². The molecule has 0 saturated carbocycles. The molecule has 6 heteroatoms. The second kappa shape index (κ2) is 7.00. The van der Waals surface area contributed by atoms with Crippen molar-refractivity contribution in [3.05, 3.63) is 69.2 Å². The van der Waals surface area contributed by atoms with Crippen LogP contribution in [0.25, 0.3) is 5.70 Å². The molecule has 0 spiro atoms. The Bertz CT molecular complexity index is 1090. The van der Waals surface area contributed by atoms with Crippen molar-refractivity contribution in [3.63, 3.8) is 0 Å². The summed E-state index contributed by atoms with van der Waals surface area (Å²) in [6.07, 6.45) is 0.215. The van der Waals surface area contributed by atoms with Gasteiger partial charge >= 0.3 is 6.09 Å². The van der Waals surface area contributed by atoms with E-state index in [4.69, 9.17) is 4.74 Å². The van der Waals surface area contributed by atoms with E-state index in [0.29, 0.717) is 25.3 Å². The number of benzene rings is 2. The predicted octanol–water partition coefficient (Wildman–Crippen LogP) is 4.16. The zero-order chi connectivity index (χ0) is 21.0. The maximum atomic E-state index is 12.6. The fourth-order valence-electron chi connectivity index (χ4n) is 5.10. The Labute approximate surface area is 184 Å². The molecule has 0 N–H and O–H groups in total. The van der Waals surface area contributed by atoms with Crippen LogP contribution in [0, 0.1) is 0 Å². The summed E-state index contributed by atoms with van der Waals surface area (Å²) < 4.78 is 6.80. The number of fused-ring (bicyclic) bond motifs is 3. The summed E-state index contributed by atoms with van der Waals surface area (Å²) >= 11 is 3.54. The lowest BCUT2D eigenvalue weighted by molar-refractivity contribution is 0.107. The molecule has 0 bridgehead atoms. The highest BCUT2D eigenvalue weighted by atomic mass is 79.9. The molecule has 0 unspecified atom stereocenters. The molecule has 154 valence electrons. The second-order valence-electron chi connectivity index (χ2n) is 9.00. The lowest BCUT2D eigenvalue weighted by atomic mass is 9.77. The Morgan fingerprint density at radius 1 is 1.20 bits per heavy atom. The van der Waals surface area contributed by atoms with Gasteiger partial charge in [0.25, 0.3) is 0 Å². The molecule has 2 atom stereocenters. The Kier molecular flexibility index (Phi) is 4.53. The van der Waals surface area contributed by atoms with E-state index in [1.165, 1.54) is 11.1 Å². The number of hydrogen-bond acceptors (Lipinski definition) is 4. The van der Waals surface area contributed by atoms with E-state index < -0.39 is 0 Å². The average molecular weight is 467 g/mol. The summed E-state index contributed by atoms with van der Waals surface area (Å²) in [7, 11) is 0. The van der Waals surface area contributed by atoms with E-state index >= 15 is 0 Å². The molecule has 5 rings (SSSR count). The van der Waals surface area contributed by atoms with Gasteiger partial charge in [0.1, 0.15) is 11.8 Å². The molecule has 0 radical (unpaired) electrons. The molecule has 3 heterocycles. The van der Waals surface area contributed by atoms with E-state index in [-0.39, 0.29) is 23.7 Å². The Morgan fingerprint density at radius 2 is 1.97 bits per heavy atom. The molecule has 0 aromatic heterocycles. The van der Waals surface area contributed by atoms with Crippen LogP contribution in [-0.2, 0) is 27.9 Å². The van der Waals surface area contributed by atoms with E-state index in [0.717, 1.165) is 22.0 Å². The van der Waals surface area contributed by atoms with Crippen LogP contribution in [0.1, 0.15) is 36.1 Å². The minimum absolute atomic E-state index is 0.0188. The van der Waals surface area contributed by atoms with Crippen molar-refractivity contribution in [2.24, 2.45) is 0 Å². The molecule has 3 aliphatic rings. The molecule has 3 aliphatic heterocycles. The molecule has 30 heavy (non-hydrogen) atoms. The zero-order valence-corrected chi connectivity index (χ0v) is 18.6. The lowest BCUT2D eigenvalue weighted by Gasteiger charge is -2.42. The van der Waals surface area contributed by atoms with Crippen molar-refractivity contribution < 1.29 is 14.3 Å². The van der Waals surface area contributed by atoms with Crippen LogP contribution < -0.4 is 0 Å². The number of rotatable bonds is 2. The predicted molar refractivity (Wildman–Crippen MR) is 118 cm³/mol. The van der Waals surface area contributed by atoms with E-state index in [1.807, 2.05) is 34.1 Å². The SMILES string of the molecule is CC1(C)CN(C[C@H]2OC(=O)N3Cc4ccccc4C[C@@H]23)C(=C=O)c2ccc(Br)cc21. The smallest absolute Gasteiger partial charge is 0.410 e. The Hall–Kier alpha value is -2.56. The number of halogens is 1. The van der Waals surface area contributed by atoms with Crippen LogP contribution >= 0.6 is 15.9 Å². The van der Waals surface area contributed by atoms with Crippen LogP contribution in [0.2, 0.25) is 0 Å². The van der Waals surface area contributed by atoms with Crippen molar-refractivity contribution in [2.45, 2.75) is 44.4 Å². The van der Waals surface area contributed by atoms with Crippen LogP contribution in [0.5, 0.6) is 0 Å². The van der Waals surface area contributed by atoms with Gasteiger partial charge in [0, 0.05) is 28.5 Å². The lowest BCUT2D eigenvalue weighted by Crippen LogP contribution is -2.49. The van der Waals surface area contributed by atoms with Gasteiger partial charge < -0.3 is 9.64 Å². The summed E-state index contributed by atoms with van der Waals surface area (Å²) in [4.78, 5) is 28.4. The van der Waals surface area contributed by atoms with E-state index in [1.54, 1.807) is 0 Å². The third-order valence-corrected chi connectivity index (χ3v) is 7.06. The third-order valence-electron chi connectivity index (χ3n) is 6.57. The Morgan fingerprint density at radius 3 is 2.73 bits per heavy atom. The van der Waals surface area contributed by atoms with Crippen molar-refractivity contribution in [1.29, 1.82) is 0 Å². The van der Waals surface area contributed by atoms with E-state index in [2.05, 4.69) is 53.9 Å². The molecule has 1 saturated heterocycles. The molecule has 1 fully saturated rings. The maximum absolute atomic E-state index is 12.6. The standard InChI is InChI=1S/C24H23BrN2O3/c1-24(2)14-26(21(13-28)18-8-7-17(25)10-19(18)24)12-22-20-9-15-5-3-4-6-16(15)11-27(20)23(29)30-22/h3-8,10,20,22H,9,11-12,14H2,1-2H3/t20-,22+/m0/s1. The topological polar surface area (TPSA) is 49.9 Å². The fourth-order valence-corrected chi connectivity index (χ4v) is 5.46. The van der Waals surface area contributed by atoms with Gasteiger partial charge in [-0.25, -0.2) is 9.59 Å². The van der Waals surface area contributed by atoms with Crippen LogP contribution in [0.3, 0.4) is 0 Å². The van der Waals surface area contributed by atoms with Crippen molar-refractivity contribution >= 4 is 33.7 Å². The van der Waals surface area contributed by atoms with Gasteiger partial charge in [0.2, 0.25) is 0 Å². The molecule has 0 aliphatic carbocycles. The highest BCUT2D eigenvalue weighted by Crippen LogP contribution is 2.40. The summed E-state index contributed by atoms with van der Waals surface area (Å²) in [5, 5.41) is 0. The number of ether oxygens (including phenoxy) is 1. The van der Waals surface area contributed by atoms with Crippen LogP contribution in [0.15, 0.2) is 46.9 Å². The summed E-state index contributed by atoms with van der Waals surface area (Å²) in [6, 6.07) is 14.2. The van der Waals surface area contributed by atoms with Crippen molar-refractivity contribution in [3.8, 4) is 0 Å². The molecule has 2 aromatic rings. The highest BCUT2D eigenvalue weighted by Gasteiger charge is 2.46. The molecular weight excluding hydrogens is 444 g/mol. The number of amides is 1. The first-order valence-electron chi connectivity index (χ1n) is 10.2. The Balaban J connectivity index is 1.45. The molecule has 1 amide bonds. The molecule has 5 nitrogen and oxygen atoms in total. The van der Waals surface area contributed by atoms with Crippen LogP contribution in [0.4, 0.5) is 4.79 Å². The number of nitrogens with zero attached hydrogens (tertiary/aromatic N) is 2. The summed E-state index contributed by atoms with van der Waals surface area (Å²) in [6.45, 7) is 6.08. The normalized spacial score (nSPS) is 24.0. The van der Waals surface area contributed by atoms with Gasteiger partial charge in [-0.15, -0.1) is 0 Å². The number of cyclic esters (lactones) is 1. The van der Waals surface area contributed by atoms with Gasteiger partial charge in [0.05, 0.1) is 12.6 Å². The number of carbonyl (C=O) groups is 1. The van der Waals surface area contributed by atoms with Crippen molar-refractivity contribution in [2.75, 3.05) is 13.1 Å². The molecule has 2 aromatic carbocycles. The quantitative estimate of drug-likeness (QED) is 0.623. The monoisotopic (exact) mass is 466 g/mol.